The molecule has 134 valence electrons. The molecule has 0 bridgehead atoms. The van der Waals surface area contributed by atoms with E-state index in [4.69, 9.17) is 27.9 Å². The van der Waals surface area contributed by atoms with E-state index in [2.05, 4.69) is 27.6 Å². The Labute approximate surface area is 175 Å². The predicted octanol–water partition coefficient (Wildman–Crippen LogP) is 5.94. The van der Waals surface area contributed by atoms with Gasteiger partial charge in [-0.1, -0.05) is 23.2 Å². The van der Waals surface area contributed by atoms with Gasteiger partial charge in [0, 0.05) is 19.8 Å². The lowest BCUT2D eigenvalue weighted by molar-refractivity contribution is 0.0519. The summed E-state index contributed by atoms with van der Waals surface area (Å²) in [6.07, 6.45) is 0. The zero-order chi connectivity index (χ0) is 18.8. The number of imidazole rings is 1. The fraction of sp³-hybridized carbons (Fsp3) is 0.158. The van der Waals surface area contributed by atoms with Gasteiger partial charge in [0.15, 0.2) is 5.69 Å². The number of ether oxygens (including phenoxy) is 1. The zero-order valence-electron chi connectivity index (χ0n) is 14.1. The van der Waals surface area contributed by atoms with Crippen molar-refractivity contribution in [3.8, 4) is 17.1 Å². The van der Waals surface area contributed by atoms with E-state index in [1.807, 2.05) is 35.8 Å². The van der Waals surface area contributed by atoms with Crippen LogP contribution in [0.4, 0.5) is 0 Å². The summed E-state index contributed by atoms with van der Waals surface area (Å²) < 4.78 is 8.16. The molecule has 0 saturated heterocycles. The van der Waals surface area contributed by atoms with E-state index in [0.29, 0.717) is 27.1 Å². The number of esters is 1. The molecule has 1 aromatic heterocycles. The van der Waals surface area contributed by atoms with Crippen LogP contribution in [0.1, 0.15) is 23.1 Å². The van der Waals surface area contributed by atoms with Crippen molar-refractivity contribution in [2.45, 2.75) is 13.8 Å². The molecule has 0 saturated carbocycles. The first-order valence-electron chi connectivity index (χ1n) is 7.90. The minimum atomic E-state index is -0.458. The lowest BCUT2D eigenvalue weighted by Crippen LogP contribution is -2.07. The molecule has 0 aliphatic heterocycles. The third-order valence-corrected chi connectivity index (χ3v) is 5.10. The second-order valence-corrected chi connectivity index (χ2v) is 7.62. The van der Waals surface area contributed by atoms with E-state index < -0.39 is 5.97 Å². The lowest BCUT2D eigenvalue weighted by Gasteiger charge is -2.12. The van der Waals surface area contributed by atoms with Crippen molar-refractivity contribution in [3.63, 3.8) is 0 Å². The Morgan fingerprint density at radius 2 is 1.88 bits per heavy atom. The van der Waals surface area contributed by atoms with Gasteiger partial charge in [-0.05, 0) is 78.9 Å². The first-order valence-corrected chi connectivity index (χ1v) is 9.73. The van der Waals surface area contributed by atoms with Crippen molar-refractivity contribution < 1.29 is 9.53 Å². The van der Waals surface area contributed by atoms with Gasteiger partial charge in [0.1, 0.15) is 5.82 Å². The Morgan fingerprint density at radius 1 is 1.19 bits per heavy atom. The number of rotatable bonds is 4. The van der Waals surface area contributed by atoms with Gasteiger partial charge in [0.2, 0.25) is 0 Å². The van der Waals surface area contributed by atoms with Crippen LogP contribution in [0, 0.1) is 10.5 Å². The molecule has 2 aromatic carbocycles. The number of nitrogens with zero attached hydrogens (tertiary/aromatic N) is 2. The summed E-state index contributed by atoms with van der Waals surface area (Å²) in [5, 5.41) is 0.998. The monoisotopic (exact) mass is 500 g/mol. The Morgan fingerprint density at radius 3 is 2.50 bits per heavy atom. The van der Waals surface area contributed by atoms with Crippen molar-refractivity contribution in [1.29, 1.82) is 0 Å². The summed E-state index contributed by atoms with van der Waals surface area (Å²) in [7, 11) is 0. The van der Waals surface area contributed by atoms with Crippen molar-refractivity contribution >= 4 is 51.8 Å². The van der Waals surface area contributed by atoms with Crippen LogP contribution in [0.5, 0.6) is 0 Å². The molecule has 3 rings (SSSR count). The molecule has 0 spiro atoms. The molecule has 0 atom stereocenters. The Balaban J connectivity index is 2.26. The predicted molar refractivity (Wildman–Crippen MR) is 112 cm³/mol. The first-order chi connectivity index (χ1) is 12.4. The number of benzene rings is 2. The average molecular weight is 501 g/mol. The maximum atomic E-state index is 12.3. The van der Waals surface area contributed by atoms with Crippen molar-refractivity contribution in [2.24, 2.45) is 0 Å². The Bertz CT molecular complexity index is 968. The quantitative estimate of drug-likeness (QED) is 0.329. The van der Waals surface area contributed by atoms with Gasteiger partial charge in [0.05, 0.1) is 17.3 Å². The summed E-state index contributed by atoms with van der Waals surface area (Å²) in [6, 6.07) is 13.1. The summed E-state index contributed by atoms with van der Waals surface area (Å²) in [5.41, 5.74) is 2.53. The summed E-state index contributed by atoms with van der Waals surface area (Å²) in [5.74, 6) is 0.106. The third-order valence-electron chi connectivity index (χ3n) is 3.83. The number of hydrogen-bond donors (Lipinski definition) is 0. The fourth-order valence-electron chi connectivity index (χ4n) is 2.65. The second-order valence-electron chi connectivity index (χ2n) is 5.53. The fourth-order valence-corrected chi connectivity index (χ4v) is 3.50. The van der Waals surface area contributed by atoms with Gasteiger partial charge in [-0.15, -0.1) is 0 Å². The second kappa shape index (κ2) is 7.98. The van der Waals surface area contributed by atoms with Gasteiger partial charge in [-0.25, -0.2) is 9.78 Å². The van der Waals surface area contributed by atoms with Crippen LogP contribution >= 0.6 is 45.8 Å². The van der Waals surface area contributed by atoms with Gasteiger partial charge in [-0.2, -0.15) is 0 Å². The normalized spacial score (nSPS) is 10.8. The van der Waals surface area contributed by atoms with Crippen LogP contribution in [-0.2, 0) is 4.74 Å². The standard InChI is InChI=1S/C19H15Cl2IN2O2/c1-3-26-19(25)17-11(2)24(14-7-5-13(22)6-8-14)18(23-17)15-9-4-12(20)10-16(15)21/h4-10H,3H2,1-2H3. The van der Waals surface area contributed by atoms with E-state index >= 15 is 0 Å². The van der Waals surface area contributed by atoms with Gasteiger partial charge in [0.25, 0.3) is 0 Å². The Hall–Kier alpha value is -1.57. The van der Waals surface area contributed by atoms with Crippen LogP contribution in [-0.4, -0.2) is 22.1 Å². The van der Waals surface area contributed by atoms with Gasteiger partial charge in [-0.3, -0.25) is 4.57 Å². The number of hydrogen-bond acceptors (Lipinski definition) is 3. The maximum Gasteiger partial charge on any atom is 0.358 e. The highest BCUT2D eigenvalue weighted by atomic mass is 127. The smallest absolute Gasteiger partial charge is 0.358 e. The highest BCUT2D eigenvalue weighted by molar-refractivity contribution is 14.1. The molecule has 0 unspecified atom stereocenters. The van der Waals surface area contributed by atoms with Crippen LogP contribution in [0.15, 0.2) is 42.5 Å². The van der Waals surface area contributed by atoms with E-state index in [1.54, 1.807) is 25.1 Å². The van der Waals surface area contributed by atoms with E-state index in [-0.39, 0.29) is 12.3 Å². The third kappa shape index (κ3) is 3.75. The molecule has 26 heavy (non-hydrogen) atoms. The highest BCUT2D eigenvalue weighted by Crippen LogP contribution is 2.33. The molecule has 0 amide bonds. The molecule has 0 aliphatic carbocycles. The van der Waals surface area contributed by atoms with Crippen molar-refractivity contribution in [3.05, 3.63) is 67.5 Å². The topological polar surface area (TPSA) is 44.1 Å². The van der Waals surface area contributed by atoms with Crippen LogP contribution in [0.25, 0.3) is 17.1 Å². The highest BCUT2D eigenvalue weighted by Gasteiger charge is 2.23. The molecule has 0 aliphatic rings. The molecule has 3 aromatic rings. The maximum absolute atomic E-state index is 12.3. The molecule has 1 heterocycles. The van der Waals surface area contributed by atoms with Gasteiger partial charge >= 0.3 is 5.97 Å². The van der Waals surface area contributed by atoms with E-state index in [9.17, 15) is 4.79 Å². The Kier molecular flexibility index (Phi) is 5.89. The molecule has 0 fully saturated rings. The SMILES string of the molecule is CCOC(=O)c1nc(-c2ccc(Cl)cc2Cl)n(-c2ccc(I)cc2)c1C. The number of aromatic nitrogens is 2. The summed E-state index contributed by atoms with van der Waals surface area (Å²) >= 11 is 14.7. The van der Waals surface area contributed by atoms with Crippen molar-refractivity contribution in [1.82, 2.24) is 9.55 Å². The molecule has 7 heteroatoms. The van der Waals surface area contributed by atoms with E-state index in [1.165, 1.54) is 0 Å². The number of carbonyl (C=O) groups excluding carboxylic acids is 1. The van der Waals surface area contributed by atoms with Crippen LogP contribution in [0.2, 0.25) is 10.0 Å². The number of carbonyl (C=O) groups is 1. The zero-order valence-corrected chi connectivity index (χ0v) is 17.8. The van der Waals surface area contributed by atoms with Crippen molar-refractivity contribution in [2.75, 3.05) is 6.61 Å². The molecule has 4 nitrogen and oxygen atoms in total. The molecular formula is C19H15Cl2IN2O2. The minimum Gasteiger partial charge on any atom is -0.461 e. The first kappa shape index (κ1) is 19.2. The average Bonchev–Trinajstić information content (AvgIpc) is 2.93. The van der Waals surface area contributed by atoms with Crippen LogP contribution in [0.3, 0.4) is 0 Å². The largest absolute Gasteiger partial charge is 0.461 e. The van der Waals surface area contributed by atoms with Crippen LogP contribution < -0.4 is 0 Å². The van der Waals surface area contributed by atoms with Gasteiger partial charge < -0.3 is 4.74 Å². The lowest BCUT2D eigenvalue weighted by atomic mass is 10.2. The molecular weight excluding hydrogens is 486 g/mol. The number of halogens is 3. The summed E-state index contributed by atoms with van der Waals surface area (Å²) in [4.78, 5) is 16.9. The minimum absolute atomic E-state index is 0.270. The summed E-state index contributed by atoms with van der Waals surface area (Å²) in [6.45, 7) is 3.89. The molecule has 0 radical (unpaired) electrons. The van der Waals surface area contributed by atoms with E-state index in [0.717, 1.165) is 9.26 Å². The molecule has 0 N–H and O–H groups in total.